The number of thiophene rings is 1. The van der Waals surface area contributed by atoms with Gasteiger partial charge >= 0.3 is 0 Å². The number of furan rings is 1. The van der Waals surface area contributed by atoms with Gasteiger partial charge in [-0.2, -0.15) is 0 Å². The lowest BCUT2D eigenvalue weighted by molar-refractivity contribution is 0.631. The first kappa shape index (κ1) is 26.6. The quantitative estimate of drug-likeness (QED) is 0.196. The van der Waals surface area contributed by atoms with E-state index < -0.39 is 0 Å². The van der Waals surface area contributed by atoms with E-state index in [1.54, 1.807) is 11.3 Å². The lowest BCUT2D eigenvalue weighted by atomic mass is 10.0. The normalized spacial score (nSPS) is 11.5. The summed E-state index contributed by atoms with van der Waals surface area (Å²) in [6.45, 7) is 0. The maximum atomic E-state index is 6.14. The second-order valence-corrected chi connectivity index (χ2v) is 12.5. The van der Waals surface area contributed by atoms with Crippen LogP contribution >= 0.6 is 11.3 Å². The Kier molecular flexibility index (Phi) is 6.32. The number of nitrogens with zero attached hydrogens (tertiary/aromatic N) is 2. The summed E-state index contributed by atoms with van der Waals surface area (Å²) < 4.78 is 8.60. The number of fused-ring (bicyclic) bond motifs is 4. The molecule has 0 unspecified atom stereocenters. The molecular weight excluding hydrogens is 581 g/mol. The van der Waals surface area contributed by atoms with Crippen molar-refractivity contribution < 1.29 is 4.42 Å². The number of hydrogen-bond donors (Lipinski definition) is 0. The molecule has 216 valence electrons. The summed E-state index contributed by atoms with van der Waals surface area (Å²) in [4.78, 5) is 10.4. The molecule has 0 aliphatic carbocycles. The molecule has 0 atom stereocenters. The molecule has 9 rings (SSSR count). The topological polar surface area (TPSA) is 38.9 Å². The van der Waals surface area contributed by atoms with Crippen molar-refractivity contribution >= 4 is 42.5 Å². The summed E-state index contributed by atoms with van der Waals surface area (Å²) in [5.74, 6) is 1.57. The van der Waals surface area contributed by atoms with Crippen molar-refractivity contribution in [3.63, 3.8) is 0 Å². The van der Waals surface area contributed by atoms with Crippen LogP contribution in [-0.4, -0.2) is 9.97 Å². The fourth-order valence-electron chi connectivity index (χ4n) is 6.18. The van der Waals surface area contributed by atoms with E-state index in [9.17, 15) is 0 Å². The minimum absolute atomic E-state index is 0.721. The fraction of sp³-hybridized carbons (Fsp3) is 0. The average molecular weight is 607 g/mol. The molecular formula is C42H26N2OS. The maximum Gasteiger partial charge on any atom is 0.161 e. The summed E-state index contributed by atoms with van der Waals surface area (Å²) >= 11 is 1.80. The highest BCUT2D eigenvalue weighted by molar-refractivity contribution is 7.26. The van der Waals surface area contributed by atoms with Gasteiger partial charge in [-0.1, -0.05) is 127 Å². The highest BCUT2D eigenvalue weighted by Crippen LogP contribution is 2.40. The van der Waals surface area contributed by atoms with Gasteiger partial charge in [0.2, 0.25) is 0 Å². The van der Waals surface area contributed by atoms with Gasteiger partial charge in [0.05, 0.1) is 11.4 Å². The largest absolute Gasteiger partial charge is 0.456 e. The molecule has 0 saturated carbocycles. The van der Waals surface area contributed by atoms with E-state index in [1.165, 1.54) is 31.3 Å². The van der Waals surface area contributed by atoms with Crippen molar-refractivity contribution in [1.82, 2.24) is 9.97 Å². The SMILES string of the molecule is c1ccc(-c2ccc(-c3cc(-c4ccc(-c5cc6ccccc6o5)cc4)nc(-c4cccc5c4sc4ccccc45)n3)cc2)cc1. The van der Waals surface area contributed by atoms with E-state index in [0.717, 1.165) is 56.2 Å². The average Bonchev–Trinajstić information content (AvgIpc) is 3.74. The predicted octanol–water partition coefficient (Wildman–Crippen LogP) is 11.9. The number of hydrogen-bond acceptors (Lipinski definition) is 4. The number of para-hydroxylation sites is 1. The number of aromatic nitrogens is 2. The molecule has 3 nitrogen and oxygen atoms in total. The lowest BCUT2D eigenvalue weighted by Gasteiger charge is -2.11. The van der Waals surface area contributed by atoms with Crippen LogP contribution in [0.15, 0.2) is 162 Å². The Morgan fingerprint density at radius 1 is 0.457 bits per heavy atom. The van der Waals surface area contributed by atoms with Crippen LogP contribution in [0, 0.1) is 0 Å². The van der Waals surface area contributed by atoms with Crippen LogP contribution in [0.25, 0.3) is 87.5 Å². The first-order valence-electron chi connectivity index (χ1n) is 15.3. The molecule has 4 heteroatoms. The molecule has 0 spiro atoms. The van der Waals surface area contributed by atoms with E-state index in [1.807, 2.05) is 24.3 Å². The second kappa shape index (κ2) is 11.0. The standard InChI is InChI=1S/C42H26N2OS/c1-2-9-27(10-3-1)28-17-19-29(20-18-28)36-26-37(30-21-23-31(24-22-30)39-25-32-11-4-6-15-38(32)45-39)44-42(43-36)35-14-8-13-34-33-12-5-7-16-40(33)46-41(34)35/h1-26H. The summed E-state index contributed by atoms with van der Waals surface area (Å²) in [5, 5.41) is 3.59. The Morgan fingerprint density at radius 2 is 1.07 bits per heavy atom. The van der Waals surface area contributed by atoms with Crippen LogP contribution in [0.3, 0.4) is 0 Å². The molecule has 0 bridgehead atoms. The molecule has 0 aliphatic heterocycles. The molecule has 3 heterocycles. The third-order valence-corrected chi connectivity index (χ3v) is 9.77. The van der Waals surface area contributed by atoms with Crippen molar-refractivity contribution in [2.45, 2.75) is 0 Å². The van der Waals surface area contributed by atoms with Gasteiger partial charge in [-0.15, -0.1) is 11.3 Å². The second-order valence-electron chi connectivity index (χ2n) is 11.4. The maximum absolute atomic E-state index is 6.14. The number of rotatable bonds is 5. The third-order valence-electron chi connectivity index (χ3n) is 8.55. The molecule has 0 amide bonds. The molecule has 0 saturated heterocycles. The van der Waals surface area contributed by atoms with Crippen molar-refractivity contribution in [2.75, 3.05) is 0 Å². The molecule has 9 aromatic rings. The molecule has 0 fully saturated rings. The zero-order chi connectivity index (χ0) is 30.5. The van der Waals surface area contributed by atoms with Gasteiger partial charge in [0.15, 0.2) is 5.82 Å². The van der Waals surface area contributed by atoms with Gasteiger partial charge in [0.25, 0.3) is 0 Å². The molecule has 0 N–H and O–H groups in total. The zero-order valence-electron chi connectivity index (χ0n) is 24.7. The van der Waals surface area contributed by atoms with E-state index in [0.29, 0.717) is 0 Å². The first-order valence-corrected chi connectivity index (χ1v) is 16.1. The summed E-state index contributed by atoms with van der Waals surface area (Å²) in [5.41, 5.74) is 9.17. The minimum Gasteiger partial charge on any atom is -0.456 e. The number of benzene rings is 6. The van der Waals surface area contributed by atoms with E-state index in [-0.39, 0.29) is 0 Å². The van der Waals surface area contributed by atoms with E-state index >= 15 is 0 Å². The van der Waals surface area contributed by atoms with Gasteiger partial charge in [-0.05, 0) is 41.5 Å². The Morgan fingerprint density at radius 3 is 1.83 bits per heavy atom. The Bertz CT molecular complexity index is 2480. The summed E-state index contributed by atoms with van der Waals surface area (Å²) in [6.07, 6.45) is 0. The Balaban J connectivity index is 1.18. The Hall–Kier alpha value is -5.84. The smallest absolute Gasteiger partial charge is 0.161 e. The van der Waals surface area contributed by atoms with Crippen molar-refractivity contribution in [1.29, 1.82) is 0 Å². The van der Waals surface area contributed by atoms with Crippen LogP contribution < -0.4 is 0 Å². The van der Waals surface area contributed by atoms with Crippen LogP contribution in [-0.2, 0) is 0 Å². The summed E-state index contributed by atoms with van der Waals surface area (Å²) in [6, 6.07) is 54.9. The van der Waals surface area contributed by atoms with Crippen molar-refractivity contribution in [3.8, 4) is 56.4 Å². The van der Waals surface area contributed by atoms with Crippen molar-refractivity contribution in [3.05, 3.63) is 158 Å². The van der Waals surface area contributed by atoms with Gasteiger partial charge in [0, 0.05) is 47.8 Å². The minimum atomic E-state index is 0.721. The van der Waals surface area contributed by atoms with E-state index in [4.69, 9.17) is 14.4 Å². The molecule has 6 aromatic carbocycles. The summed E-state index contributed by atoms with van der Waals surface area (Å²) in [7, 11) is 0. The zero-order valence-corrected chi connectivity index (χ0v) is 25.5. The third kappa shape index (κ3) is 4.68. The van der Waals surface area contributed by atoms with Crippen LogP contribution in [0.2, 0.25) is 0 Å². The molecule has 46 heavy (non-hydrogen) atoms. The van der Waals surface area contributed by atoms with E-state index in [2.05, 4.69) is 133 Å². The molecule has 3 aromatic heterocycles. The lowest BCUT2D eigenvalue weighted by Crippen LogP contribution is -1.96. The molecule has 0 aliphatic rings. The van der Waals surface area contributed by atoms with Gasteiger partial charge in [-0.25, -0.2) is 9.97 Å². The molecule has 0 radical (unpaired) electrons. The van der Waals surface area contributed by atoms with Gasteiger partial charge < -0.3 is 4.42 Å². The monoisotopic (exact) mass is 606 g/mol. The highest BCUT2D eigenvalue weighted by atomic mass is 32.1. The van der Waals surface area contributed by atoms with Gasteiger partial charge in [-0.3, -0.25) is 0 Å². The van der Waals surface area contributed by atoms with Crippen LogP contribution in [0.1, 0.15) is 0 Å². The first-order chi connectivity index (χ1) is 22.8. The van der Waals surface area contributed by atoms with Crippen LogP contribution in [0.4, 0.5) is 0 Å². The van der Waals surface area contributed by atoms with Crippen molar-refractivity contribution in [2.24, 2.45) is 0 Å². The highest BCUT2D eigenvalue weighted by Gasteiger charge is 2.16. The fourth-order valence-corrected chi connectivity index (χ4v) is 7.39. The van der Waals surface area contributed by atoms with Gasteiger partial charge in [0.1, 0.15) is 11.3 Å². The predicted molar refractivity (Wildman–Crippen MR) is 192 cm³/mol. The Labute approximate surface area is 270 Å². The van der Waals surface area contributed by atoms with Crippen LogP contribution in [0.5, 0.6) is 0 Å².